The van der Waals surface area contributed by atoms with Crippen LogP contribution in [0.5, 0.6) is 0 Å². The lowest BCUT2D eigenvalue weighted by molar-refractivity contribution is -0.140. The SMILES string of the molecule is COC(=O)CCc1ccc(-n2cc(-c3ccc(C#N)cc3)n(C)c2=S)cc1. The van der Waals surface area contributed by atoms with Gasteiger partial charge in [0.25, 0.3) is 0 Å². The van der Waals surface area contributed by atoms with Gasteiger partial charge in [0.1, 0.15) is 0 Å². The van der Waals surface area contributed by atoms with Gasteiger partial charge < -0.3 is 9.30 Å². The van der Waals surface area contributed by atoms with Gasteiger partial charge in [-0.05, 0) is 54.0 Å². The Morgan fingerprint density at radius 1 is 1.15 bits per heavy atom. The summed E-state index contributed by atoms with van der Waals surface area (Å²) in [6.45, 7) is 0. The van der Waals surface area contributed by atoms with Crippen molar-refractivity contribution in [2.24, 2.45) is 7.05 Å². The molecule has 5 nitrogen and oxygen atoms in total. The fraction of sp³-hybridized carbons (Fsp3) is 0.190. The molecule has 0 bridgehead atoms. The van der Waals surface area contributed by atoms with E-state index >= 15 is 0 Å². The Hall–Kier alpha value is -3.17. The van der Waals surface area contributed by atoms with E-state index in [1.165, 1.54) is 7.11 Å². The number of hydrogen-bond donors (Lipinski definition) is 0. The molecule has 0 fully saturated rings. The third kappa shape index (κ3) is 3.99. The van der Waals surface area contributed by atoms with Crippen molar-refractivity contribution in [3.8, 4) is 23.0 Å². The number of nitrogens with zero attached hydrogens (tertiary/aromatic N) is 3. The largest absolute Gasteiger partial charge is 0.469 e. The molecule has 0 N–H and O–H groups in total. The molecule has 0 amide bonds. The number of methoxy groups -OCH3 is 1. The van der Waals surface area contributed by atoms with Crippen LogP contribution in [0.1, 0.15) is 17.5 Å². The first-order valence-corrected chi connectivity index (χ1v) is 8.89. The number of rotatable bonds is 5. The molecule has 136 valence electrons. The molecule has 0 spiro atoms. The van der Waals surface area contributed by atoms with Crippen LogP contribution in [0.25, 0.3) is 16.9 Å². The van der Waals surface area contributed by atoms with E-state index < -0.39 is 0 Å². The van der Waals surface area contributed by atoms with E-state index in [1.54, 1.807) is 12.1 Å². The predicted molar refractivity (Wildman–Crippen MR) is 106 cm³/mol. The Kier molecular flexibility index (Phi) is 5.53. The Labute approximate surface area is 163 Å². The summed E-state index contributed by atoms with van der Waals surface area (Å²) in [6, 6.07) is 17.5. The molecule has 27 heavy (non-hydrogen) atoms. The normalized spacial score (nSPS) is 10.4. The molecule has 0 atom stereocenters. The summed E-state index contributed by atoms with van der Waals surface area (Å²) in [6.07, 6.45) is 3.00. The highest BCUT2D eigenvalue weighted by molar-refractivity contribution is 7.71. The highest BCUT2D eigenvalue weighted by atomic mass is 32.1. The molecule has 0 unspecified atom stereocenters. The van der Waals surface area contributed by atoms with Crippen LogP contribution in [0.2, 0.25) is 0 Å². The molecule has 0 saturated carbocycles. The second kappa shape index (κ2) is 8.02. The zero-order valence-corrected chi connectivity index (χ0v) is 16.0. The van der Waals surface area contributed by atoms with E-state index in [0.717, 1.165) is 22.5 Å². The van der Waals surface area contributed by atoms with E-state index in [0.29, 0.717) is 23.2 Å². The number of aromatic nitrogens is 2. The van der Waals surface area contributed by atoms with Gasteiger partial charge in [-0.25, -0.2) is 0 Å². The van der Waals surface area contributed by atoms with Crippen LogP contribution in [0.4, 0.5) is 0 Å². The van der Waals surface area contributed by atoms with Crippen LogP contribution in [0.3, 0.4) is 0 Å². The van der Waals surface area contributed by atoms with Gasteiger partial charge in [-0.2, -0.15) is 5.26 Å². The third-order valence-corrected chi connectivity index (χ3v) is 4.95. The molecule has 0 aliphatic carbocycles. The quantitative estimate of drug-likeness (QED) is 0.494. The van der Waals surface area contributed by atoms with Crippen LogP contribution < -0.4 is 0 Å². The summed E-state index contributed by atoms with van der Waals surface area (Å²) in [5.41, 5.74) is 4.62. The number of benzene rings is 2. The highest BCUT2D eigenvalue weighted by Gasteiger charge is 2.10. The Balaban J connectivity index is 1.88. The minimum absolute atomic E-state index is 0.212. The second-order valence-electron chi connectivity index (χ2n) is 6.16. The van der Waals surface area contributed by atoms with Crippen LogP contribution >= 0.6 is 12.2 Å². The van der Waals surface area contributed by atoms with Crippen LogP contribution in [-0.4, -0.2) is 22.2 Å². The molecule has 0 radical (unpaired) electrons. The third-order valence-electron chi connectivity index (χ3n) is 4.48. The lowest BCUT2D eigenvalue weighted by Crippen LogP contribution is -2.02. The van der Waals surface area contributed by atoms with Gasteiger partial charge in [0.2, 0.25) is 0 Å². The molecule has 0 aliphatic heterocycles. The molecule has 1 heterocycles. The standard InChI is InChI=1S/C21H19N3O2S/c1-23-19(17-8-3-16(13-22)4-9-17)14-24(21(23)27)18-10-5-15(6-11-18)7-12-20(25)26-2/h3-6,8-11,14H,7,12H2,1-2H3. The van der Waals surface area contributed by atoms with Crippen LogP contribution in [-0.2, 0) is 23.0 Å². The number of hydrogen-bond acceptors (Lipinski definition) is 4. The van der Waals surface area contributed by atoms with Crippen molar-refractivity contribution in [2.75, 3.05) is 7.11 Å². The van der Waals surface area contributed by atoms with E-state index in [2.05, 4.69) is 10.8 Å². The Morgan fingerprint density at radius 2 is 1.81 bits per heavy atom. The van der Waals surface area contributed by atoms with Gasteiger partial charge in [-0.15, -0.1) is 0 Å². The fourth-order valence-electron chi connectivity index (χ4n) is 2.87. The summed E-state index contributed by atoms with van der Waals surface area (Å²) >= 11 is 5.59. The average molecular weight is 377 g/mol. The first kappa shape index (κ1) is 18.6. The van der Waals surface area contributed by atoms with Crippen molar-refractivity contribution in [1.29, 1.82) is 5.26 Å². The molecule has 6 heteroatoms. The molecule has 0 aliphatic rings. The van der Waals surface area contributed by atoms with Crippen molar-refractivity contribution in [2.45, 2.75) is 12.8 Å². The minimum Gasteiger partial charge on any atom is -0.469 e. The molecular formula is C21H19N3O2S. The Morgan fingerprint density at radius 3 is 2.41 bits per heavy atom. The number of carbonyl (C=O) groups excluding carboxylic acids is 1. The van der Waals surface area contributed by atoms with Gasteiger partial charge in [0.15, 0.2) is 4.77 Å². The molecule has 3 rings (SSSR count). The highest BCUT2D eigenvalue weighted by Crippen LogP contribution is 2.23. The monoisotopic (exact) mass is 377 g/mol. The fourth-order valence-corrected chi connectivity index (χ4v) is 3.13. The lowest BCUT2D eigenvalue weighted by atomic mass is 10.1. The zero-order valence-electron chi connectivity index (χ0n) is 15.2. The maximum absolute atomic E-state index is 11.3. The molecular weight excluding hydrogens is 358 g/mol. The van der Waals surface area contributed by atoms with E-state index in [1.807, 2.05) is 58.8 Å². The van der Waals surface area contributed by atoms with Gasteiger partial charge in [-0.1, -0.05) is 24.3 Å². The van der Waals surface area contributed by atoms with E-state index in [-0.39, 0.29) is 5.97 Å². The van der Waals surface area contributed by atoms with Crippen molar-refractivity contribution in [3.63, 3.8) is 0 Å². The van der Waals surface area contributed by atoms with Gasteiger partial charge in [-0.3, -0.25) is 9.36 Å². The molecule has 0 saturated heterocycles. The summed E-state index contributed by atoms with van der Waals surface area (Å²) < 4.78 is 9.25. The van der Waals surface area contributed by atoms with Crippen molar-refractivity contribution >= 4 is 18.2 Å². The number of imidazole rings is 1. The van der Waals surface area contributed by atoms with Gasteiger partial charge >= 0.3 is 5.97 Å². The van der Waals surface area contributed by atoms with Crippen LogP contribution in [0.15, 0.2) is 54.7 Å². The summed E-state index contributed by atoms with van der Waals surface area (Å²) in [5.74, 6) is -0.212. The number of ether oxygens (including phenoxy) is 1. The smallest absolute Gasteiger partial charge is 0.305 e. The number of nitriles is 1. The van der Waals surface area contributed by atoms with Crippen molar-refractivity contribution in [3.05, 3.63) is 70.6 Å². The van der Waals surface area contributed by atoms with E-state index in [4.69, 9.17) is 17.5 Å². The Bertz CT molecular complexity index is 1050. The number of aryl methyl sites for hydroxylation is 1. The zero-order chi connectivity index (χ0) is 19.4. The number of esters is 1. The first-order valence-electron chi connectivity index (χ1n) is 8.48. The minimum atomic E-state index is -0.212. The predicted octanol–water partition coefficient (Wildman–Crippen LogP) is 4.19. The van der Waals surface area contributed by atoms with Gasteiger partial charge in [0, 0.05) is 25.4 Å². The summed E-state index contributed by atoms with van der Waals surface area (Å²) in [4.78, 5) is 11.3. The van der Waals surface area contributed by atoms with Gasteiger partial charge in [0.05, 0.1) is 24.4 Å². The van der Waals surface area contributed by atoms with E-state index in [9.17, 15) is 4.79 Å². The average Bonchev–Trinajstić information content (AvgIpc) is 3.01. The maximum Gasteiger partial charge on any atom is 0.305 e. The van der Waals surface area contributed by atoms with Crippen molar-refractivity contribution in [1.82, 2.24) is 9.13 Å². The summed E-state index contributed by atoms with van der Waals surface area (Å²) in [7, 11) is 3.32. The molecule has 1 aromatic heterocycles. The maximum atomic E-state index is 11.3. The first-order chi connectivity index (χ1) is 13.0. The van der Waals surface area contributed by atoms with Crippen molar-refractivity contribution < 1.29 is 9.53 Å². The van der Waals surface area contributed by atoms with Crippen LogP contribution in [0, 0.1) is 16.1 Å². The summed E-state index contributed by atoms with van der Waals surface area (Å²) in [5, 5.41) is 8.95. The second-order valence-corrected chi connectivity index (χ2v) is 6.52. The lowest BCUT2D eigenvalue weighted by Gasteiger charge is -2.05. The number of carbonyl (C=O) groups is 1. The topological polar surface area (TPSA) is 59.9 Å². The molecule has 2 aromatic carbocycles. The molecule has 3 aromatic rings.